The Hall–Kier alpha value is -4.66. The standard InChI is InChI=1S/C29H26F2O7/c1-17(2)28(32)37-20-8-6-19(7-9-20)22-11-13-24(27(31)26(22)30)36-15-14-35-21-10-12-23(34-5)25(16-21)38-29(33)18(3)4/h6-13,16H,1,3,14-15H2,2,4-5H3. The second-order valence-corrected chi connectivity index (χ2v) is 8.11. The number of hydrogen-bond acceptors (Lipinski definition) is 7. The Morgan fingerprint density at radius 3 is 1.92 bits per heavy atom. The van der Waals surface area contributed by atoms with E-state index in [2.05, 4.69) is 13.2 Å². The van der Waals surface area contributed by atoms with Gasteiger partial charge in [0.2, 0.25) is 5.82 Å². The van der Waals surface area contributed by atoms with Crippen LogP contribution >= 0.6 is 0 Å². The number of ether oxygens (including phenoxy) is 5. The number of benzene rings is 3. The molecule has 3 rings (SSSR count). The number of esters is 2. The minimum absolute atomic E-state index is 0.00657. The lowest BCUT2D eigenvalue weighted by Gasteiger charge is -2.13. The van der Waals surface area contributed by atoms with E-state index in [0.29, 0.717) is 17.1 Å². The van der Waals surface area contributed by atoms with E-state index in [-0.39, 0.29) is 47.2 Å². The van der Waals surface area contributed by atoms with E-state index in [1.54, 1.807) is 12.1 Å². The smallest absolute Gasteiger partial charge is 0.338 e. The second-order valence-electron chi connectivity index (χ2n) is 8.11. The number of hydrogen-bond donors (Lipinski definition) is 0. The third-order valence-corrected chi connectivity index (χ3v) is 5.07. The summed E-state index contributed by atoms with van der Waals surface area (Å²) >= 11 is 0. The van der Waals surface area contributed by atoms with Gasteiger partial charge in [-0.3, -0.25) is 0 Å². The maximum Gasteiger partial charge on any atom is 0.338 e. The van der Waals surface area contributed by atoms with Crippen molar-refractivity contribution >= 4 is 11.9 Å². The normalized spacial score (nSPS) is 10.3. The molecule has 0 unspecified atom stereocenters. The minimum atomic E-state index is -1.15. The first-order valence-corrected chi connectivity index (χ1v) is 11.4. The van der Waals surface area contributed by atoms with Gasteiger partial charge in [-0.05, 0) is 55.8 Å². The van der Waals surface area contributed by atoms with Gasteiger partial charge >= 0.3 is 11.9 Å². The van der Waals surface area contributed by atoms with Crippen molar-refractivity contribution in [2.75, 3.05) is 20.3 Å². The molecule has 0 radical (unpaired) electrons. The molecule has 0 heterocycles. The predicted molar refractivity (Wildman–Crippen MR) is 137 cm³/mol. The molecule has 0 saturated heterocycles. The SMILES string of the molecule is C=C(C)C(=O)Oc1ccc(-c2ccc(OCCOc3ccc(OC)c(OC(=O)C(=C)C)c3)c(F)c2F)cc1. The highest BCUT2D eigenvalue weighted by Crippen LogP contribution is 2.33. The van der Waals surface area contributed by atoms with Gasteiger partial charge in [0.15, 0.2) is 23.1 Å². The number of carbonyl (C=O) groups is 2. The van der Waals surface area contributed by atoms with E-state index in [1.165, 1.54) is 63.4 Å². The highest BCUT2D eigenvalue weighted by Gasteiger charge is 2.17. The van der Waals surface area contributed by atoms with Crippen molar-refractivity contribution in [2.45, 2.75) is 13.8 Å². The molecule has 0 saturated carbocycles. The first-order valence-electron chi connectivity index (χ1n) is 11.4. The molecule has 198 valence electrons. The topological polar surface area (TPSA) is 80.3 Å². The fraction of sp³-hybridized carbons (Fsp3) is 0.172. The molecule has 0 N–H and O–H groups in total. The van der Waals surface area contributed by atoms with Gasteiger partial charge in [-0.1, -0.05) is 25.3 Å². The molecule has 7 nitrogen and oxygen atoms in total. The Morgan fingerprint density at radius 2 is 1.29 bits per heavy atom. The molecule has 0 spiro atoms. The summed E-state index contributed by atoms with van der Waals surface area (Å²) in [5, 5.41) is 0. The molecule has 0 bridgehead atoms. The van der Waals surface area contributed by atoms with Crippen molar-refractivity contribution in [3.63, 3.8) is 0 Å². The van der Waals surface area contributed by atoms with Gasteiger partial charge in [0.05, 0.1) is 7.11 Å². The average molecular weight is 525 g/mol. The third-order valence-electron chi connectivity index (χ3n) is 5.07. The zero-order valence-corrected chi connectivity index (χ0v) is 21.1. The van der Waals surface area contributed by atoms with Gasteiger partial charge in [-0.25, -0.2) is 14.0 Å². The first-order chi connectivity index (χ1) is 18.1. The maximum atomic E-state index is 14.8. The van der Waals surface area contributed by atoms with E-state index in [9.17, 15) is 18.4 Å². The predicted octanol–water partition coefficient (Wildman–Crippen LogP) is 6.06. The van der Waals surface area contributed by atoms with Crippen LogP contribution in [0.1, 0.15) is 13.8 Å². The Kier molecular flexibility index (Phi) is 9.21. The number of carbonyl (C=O) groups excluding carboxylic acids is 2. The summed E-state index contributed by atoms with van der Waals surface area (Å²) in [4.78, 5) is 23.4. The fourth-order valence-electron chi connectivity index (χ4n) is 3.09. The van der Waals surface area contributed by atoms with E-state index >= 15 is 0 Å². The van der Waals surface area contributed by atoms with Crippen LogP contribution in [0.2, 0.25) is 0 Å². The summed E-state index contributed by atoms with van der Waals surface area (Å²) in [6.45, 7) is 9.97. The molecule has 0 amide bonds. The minimum Gasteiger partial charge on any atom is -0.493 e. The Balaban J connectivity index is 1.61. The van der Waals surface area contributed by atoms with Crippen LogP contribution in [0, 0.1) is 11.6 Å². The van der Waals surface area contributed by atoms with Crippen molar-refractivity contribution in [3.05, 3.63) is 90.5 Å². The summed E-state index contributed by atoms with van der Waals surface area (Å²) in [6, 6.07) is 13.3. The molecule has 38 heavy (non-hydrogen) atoms. The van der Waals surface area contributed by atoms with Gasteiger partial charge in [-0.2, -0.15) is 4.39 Å². The van der Waals surface area contributed by atoms with Crippen LogP contribution in [-0.4, -0.2) is 32.3 Å². The molecule has 0 aliphatic carbocycles. The molecule has 3 aromatic carbocycles. The summed E-state index contributed by atoms with van der Waals surface area (Å²) in [5.41, 5.74) is 0.849. The Morgan fingerprint density at radius 1 is 0.711 bits per heavy atom. The first kappa shape index (κ1) is 27.9. The van der Waals surface area contributed by atoms with Gasteiger partial charge in [-0.15, -0.1) is 0 Å². The zero-order chi connectivity index (χ0) is 27.8. The largest absolute Gasteiger partial charge is 0.493 e. The van der Waals surface area contributed by atoms with Crippen LogP contribution in [0.25, 0.3) is 11.1 Å². The van der Waals surface area contributed by atoms with Crippen molar-refractivity contribution in [1.29, 1.82) is 0 Å². The summed E-state index contributed by atoms with van der Waals surface area (Å²) in [5.74, 6) is -2.67. The van der Waals surface area contributed by atoms with E-state index < -0.39 is 23.6 Å². The highest BCUT2D eigenvalue weighted by atomic mass is 19.2. The number of rotatable bonds is 11. The highest BCUT2D eigenvalue weighted by molar-refractivity contribution is 5.89. The molecule has 0 aliphatic heterocycles. The molecular weight excluding hydrogens is 498 g/mol. The molecule has 0 fully saturated rings. The third kappa shape index (κ3) is 6.97. The monoisotopic (exact) mass is 524 g/mol. The van der Waals surface area contributed by atoms with Gasteiger partial charge in [0, 0.05) is 22.8 Å². The van der Waals surface area contributed by atoms with E-state index in [1.807, 2.05) is 0 Å². The molecule has 0 aromatic heterocycles. The van der Waals surface area contributed by atoms with Crippen LogP contribution in [0.3, 0.4) is 0 Å². The Labute approximate surface area is 218 Å². The lowest BCUT2D eigenvalue weighted by molar-refractivity contribution is -0.131. The number of halogens is 2. The van der Waals surface area contributed by atoms with Crippen LogP contribution < -0.4 is 23.7 Å². The average Bonchev–Trinajstić information content (AvgIpc) is 2.89. The summed E-state index contributed by atoms with van der Waals surface area (Å²) in [6.07, 6.45) is 0. The zero-order valence-electron chi connectivity index (χ0n) is 21.1. The lowest BCUT2D eigenvalue weighted by atomic mass is 10.0. The van der Waals surface area contributed by atoms with Crippen LogP contribution in [-0.2, 0) is 9.59 Å². The molecule has 0 aliphatic rings. The maximum absolute atomic E-state index is 14.8. The fourth-order valence-corrected chi connectivity index (χ4v) is 3.09. The number of methoxy groups -OCH3 is 1. The van der Waals surface area contributed by atoms with E-state index in [4.69, 9.17) is 23.7 Å². The van der Waals surface area contributed by atoms with Crippen molar-refractivity contribution in [1.82, 2.24) is 0 Å². The van der Waals surface area contributed by atoms with Gasteiger partial charge < -0.3 is 23.7 Å². The van der Waals surface area contributed by atoms with Crippen LogP contribution in [0.15, 0.2) is 78.9 Å². The lowest BCUT2D eigenvalue weighted by Crippen LogP contribution is -2.11. The molecular formula is C29H26F2O7. The quantitative estimate of drug-likeness (QED) is 0.131. The second kappa shape index (κ2) is 12.5. The summed E-state index contributed by atoms with van der Waals surface area (Å²) in [7, 11) is 1.43. The molecule has 3 aromatic rings. The summed E-state index contributed by atoms with van der Waals surface area (Å²) < 4.78 is 55.9. The Bertz CT molecular complexity index is 1360. The van der Waals surface area contributed by atoms with Crippen molar-refractivity contribution < 1.29 is 42.1 Å². The molecule has 0 atom stereocenters. The van der Waals surface area contributed by atoms with Crippen molar-refractivity contribution in [2.24, 2.45) is 0 Å². The van der Waals surface area contributed by atoms with Gasteiger partial charge in [0.1, 0.15) is 24.7 Å². The van der Waals surface area contributed by atoms with Crippen LogP contribution in [0.5, 0.6) is 28.7 Å². The van der Waals surface area contributed by atoms with Gasteiger partial charge in [0.25, 0.3) is 0 Å². The molecule has 9 heteroatoms. The van der Waals surface area contributed by atoms with E-state index in [0.717, 1.165) is 0 Å². The van der Waals surface area contributed by atoms with Crippen molar-refractivity contribution in [3.8, 4) is 39.9 Å². The van der Waals surface area contributed by atoms with Crippen LogP contribution in [0.4, 0.5) is 8.78 Å².